The molecule has 1 aromatic carbocycles. The fourth-order valence-electron chi connectivity index (χ4n) is 3.10. The molecule has 1 aliphatic heterocycles. The molecule has 1 N–H and O–H groups in total. The van der Waals surface area contributed by atoms with Gasteiger partial charge in [-0.2, -0.15) is 18.4 Å². The number of benzene rings is 1. The van der Waals surface area contributed by atoms with Crippen molar-refractivity contribution in [3.05, 3.63) is 41.9 Å². The van der Waals surface area contributed by atoms with E-state index in [0.717, 1.165) is 12.1 Å². The number of hydrogen-bond acceptors (Lipinski definition) is 6. The van der Waals surface area contributed by atoms with E-state index < -0.39 is 17.6 Å². The summed E-state index contributed by atoms with van der Waals surface area (Å²) < 4.78 is 48.9. The van der Waals surface area contributed by atoms with E-state index in [-0.39, 0.29) is 29.3 Å². The number of nitrogens with one attached hydrogen (secondary N) is 1. The molecule has 0 spiro atoms. The number of carbonyl (C=O) groups is 1. The highest BCUT2D eigenvalue weighted by Crippen LogP contribution is 2.32. The first-order valence-corrected chi connectivity index (χ1v) is 8.41. The van der Waals surface area contributed by atoms with Gasteiger partial charge in [-0.1, -0.05) is 12.1 Å². The number of rotatable bonds is 5. The zero-order valence-electron chi connectivity index (χ0n) is 14.9. The van der Waals surface area contributed by atoms with Crippen molar-refractivity contribution in [3.8, 4) is 17.5 Å². The van der Waals surface area contributed by atoms with Crippen LogP contribution in [0.25, 0.3) is 11.3 Å². The van der Waals surface area contributed by atoms with Crippen molar-refractivity contribution in [1.29, 1.82) is 5.26 Å². The Kier molecular flexibility index (Phi) is 5.56. The van der Waals surface area contributed by atoms with E-state index in [0.29, 0.717) is 19.6 Å². The molecule has 7 nitrogen and oxygen atoms in total. The highest BCUT2D eigenvalue weighted by molar-refractivity contribution is 5.90. The second kappa shape index (κ2) is 7.90. The molecule has 2 atom stereocenters. The van der Waals surface area contributed by atoms with Crippen LogP contribution in [0.15, 0.2) is 34.9 Å². The van der Waals surface area contributed by atoms with Crippen LogP contribution >= 0.6 is 0 Å². The van der Waals surface area contributed by atoms with Crippen molar-refractivity contribution in [3.63, 3.8) is 0 Å². The molecule has 0 radical (unpaired) electrons. The van der Waals surface area contributed by atoms with Crippen molar-refractivity contribution in [2.75, 3.05) is 20.3 Å². The number of hydrogen-bond donors (Lipinski definition) is 1. The quantitative estimate of drug-likeness (QED) is 0.784. The largest absolute Gasteiger partial charge is 0.432 e. The van der Waals surface area contributed by atoms with Crippen LogP contribution in [0.3, 0.4) is 0 Å². The number of alkyl halides is 3. The second-order valence-corrected chi connectivity index (χ2v) is 6.38. The molecular weight excluding hydrogens is 377 g/mol. The maximum atomic E-state index is 12.8. The minimum absolute atomic E-state index is 0.0542. The van der Waals surface area contributed by atoms with Gasteiger partial charge in [-0.05, 0) is 18.6 Å². The summed E-state index contributed by atoms with van der Waals surface area (Å²) in [6.07, 6.45) is -0.701. The second-order valence-electron chi connectivity index (χ2n) is 6.38. The monoisotopic (exact) mass is 394 g/mol. The van der Waals surface area contributed by atoms with Crippen LogP contribution in [0, 0.1) is 11.5 Å². The van der Waals surface area contributed by atoms with Gasteiger partial charge in [-0.25, -0.2) is 4.98 Å². The third kappa shape index (κ3) is 4.26. The third-order valence-electron chi connectivity index (χ3n) is 4.41. The Morgan fingerprint density at radius 1 is 1.50 bits per heavy atom. The Morgan fingerprint density at radius 2 is 2.29 bits per heavy atom. The fraction of sp³-hybridized carbons (Fsp3) is 0.389. The Balaban J connectivity index is 1.69. The number of oxazole rings is 1. The first kappa shape index (κ1) is 19.7. The van der Waals surface area contributed by atoms with Gasteiger partial charge in [0.15, 0.2) is 12.0 Å². The lowest BCUT2D eigenvalue weighted by molar-refractivity contribution is -0.137. The molecule has 1 aromatic heterocycles. The molecule has 2 aromatic rings. The van der Waals surface area contributed by atoms with E-state index in [1.54, 1.807) is 0 Å². The molecular formula is C18H17F3N4O3. The molecule has 10 heteroatoms. The van der Waals surface area contributed by atoms with Gasteiger partial charge in [0, 0.05) is 25.3 Å². The van der Waals surface area contributed by atoms with Crippen molar-refractivity contribution in [2.45, 2.75) is 24.7 Å². The van der Waals surface area contributed by atoms with Gasteiger partial charge in [-0.3, -0.25) is 4.79 Å². The predicted molar refractivity (Wildman–Crippen MR) is 90.8 cm³/mol. The highest BCUT2D eigenvalue weighted by Gasteiger charge is 2.33. The van der Waals surface area contributed by atoms with Gasteiger partial charge in [0.1, 0.15) is 0 Å². The third-order valence-corrected chi connectivity index (χ3v) is 4.41. The number of halogens is 3. The summed E-state index contributed by atoms with van der Waals surface area (Å²) in [7, 11) is 1.53. The summed E-state index contributed by atoms with van der Waals surface area (Å²) in [5, 5.41) is 11.9. The Hall–Kier alpha value is -3.06. The molecule has 1 aliphatic rings. The van der Waals surface area contributed by atoms with Gasteiger partial charge in [-0.15, -0.1) is 0 Å². The maximum absolute atomic E-state index is 12.8. The molecule has 2 heterocycles. The Morgan fingerprint density at radius 3 is 2.96 bits per heavy atom. The summed E-state index contributed by atoms with van der Waals surface area (Å²) in [6.45, 7) is 0.691. The molecule has 1 amide bonds. The van der Waals surface area contributed by atoms with E-state index >= 15 is 0 Å². The molecule has 0 bridgehead atoms. The molecule has 1 fully saturated rings. The minimum atomic E-state index is -4.48. The molecule has 0 aliphatic carbocycles. The Bertz CT molecular complexity index is 891. The highest BCUT2D eigenvalue weighted by atomic mass is 19.4. The molecule has 148 valence electrons. The summed E-state index contributed by atoms with van der Waals surface area (Å²) in [4.78, 5) is 17.7. The van der Waals surface area contributed by atoms with E-state index in [4.69, 9.17) is 14.4 Å². The van der Waals surface area contributed by atoms with Crippen LogP contribution in [0.4, 0.5) is 13.2 Å². The average Bonchev–Trinajstić information content (AvgIpc) is 3.29. The molecule has 1 saturated heterocycles. The number of nitriles is 1. The van der Waals surface area contributed by atoms with Crippen molar-refractivity contribution < 1.29 is 27.1 Å². The van der Waals surface area contributed by atoms with Gasteiger partial charge in [0.2, 0.25) is 0 Å². The lowest BCUT2D eigenvalue weighted by Gasteiger charge is -2.15. The lowest BCUT2D eigenvalue weighted by atomic mass is 10.1. The standard InChI is InChI=1S/C18H17F3N4O3/c1-27-9-14-6-13(8-25(14)10-22)24-16(26)17-23-7-15(28-17)11-3-2-4-12(5-11)18(19,20)21/h2-5,7,13-14H,6,8-9H2,1H3,(H,24,26)/t13-,14-/m1/s1. The molecule has 0 unspecified atom stereocenters. The summed E-state index contributed by atoms with van der Waals surface area (Å²) >= 11 is 0. The van der Waals surface area contributed by atoms with Crippen LogP contribution in [-0.4, -0.2) is 48.1 Å². The maximum Gasteiger partial charge on any atom is 0.416 e. The average molecular weight is 394 g/mol. The molecule has 0 saturated carbocycles. The smallest absolute Gasteiger partial charge is 0.416 e. The lowest BCUT2D eigenvalue weighted by Crippen LogP contribution is -2.36. The summed E-state index contributed by atoms with van der Waals surface area (Å²) in [5.41, 5.74) is -0.655. The normalized spacial score (nSPS) is 19.5. The zero-order chi connectivity index (χ0) is 20.3. The minimum Gasteiger partial charge on any atom is -0.432 e. The number of ether oxygens (including phenoxy) is 1. The molecule has 3 rings (SSSR count). The topological polar surface area (TPSA) is 91.4 Å². The van der Waals surface area contributed by atoms with E-state index in [1.807, 2.05) is 0 Å². The number of amides is 1. The first-order valence-electron chi connectivity index (χ1n) is 8.41. The fourth-order valence-corrected chi connectivity index (χ4v) is 3.10. The SMILES string of the molecule is COC[C@H]1C[C@@H](NC(=O)c2ncc(-c3cccc(C(F)(F)F)c3)o2)CN1C#N. The van der Waals surface area contributed by atoms with E-state index in [9.17, 15) is 18.0 Å². The van der Waals surface area contributed by atoms with Gasteiger partial charge in [0.25, 0.3) is 5.89 Å². The van der Waals surface area contributed by atoms with Crippen molar-refractivity contribution >= 4 is 5.91 Å². The van der Waals surface area contributed by atoms with Gasteiger partial charge in [0.05, 0.1) is 24.4 Å². The van der Waals surface area contributed by atoms with Crippen molar-refractivity contribution in [1.82, 2.24) is 15.2 Å². The van der Waals surface area contributed by atoms with Crippen LogP contribution in [0.2, 0.25) is 0 Å². The van der Waals surface area contributed by atoms with E-state index in [2.05, 4.69) is 16.5 Å². The van der Waals surface area contributed by atoms with Crippen LogP contribution in [0.1, 0.15) is 22.7 Å². The van der Waals surface area contributed by atoms with E-state index in [1.165, 1.54) is 30.3 Å². The van der Waals surface area contributed by atoms with Gasteiger partial charge < -0.3 is 19.4 Å². The number of aromatic nitrogens is 1. The van der Waals surface area contributed by atoms with Crippen LogP contribution in [0.5, 0.6) is 0 Å². The predicted octanol–water partition coefficient (Wildman–Crippen LogP) is 2.66. The number of methoxy groups -OCH3 is 1. The zero-order valence-corrected chi connectivity index (χ0v) is 14.9. The summed E-state index contributed by atoms with van der Waals surface area (Å²) in [6, 6.07) is 4.14. The van der Waals surface area contributed by atoms with Crippen molar-refractivity contribution in [2.24, 2.45) is 0 Å². The first-order chi connectivity index (χ1) is 13.3. The number of nitrogens with zero attached hydrogens (tertiary/aromatic N) is 3. The summed E-state index contributed by atoms with van der Waals surface area (Å²) in [5.74, 6) is -0.802. The number of carbonyl (C=O) groups excluding carboxylic acids is 1. The van der Waals surface area contributed by atoms with Crippen LogP contribution < -0.4 is 5.32 Å². The molecule has 28 heavy (non-hydrogen) atoms. The Labute approximate surface area is 158 Å². The number of likely N-dealkylation sites (tertiary alicyclic amines) is 1. The van der Waals surface area contributed by atoms with Crippen LogP contribution in [-0.2, 0) is 10.9 Å². The van der Waals surface area contributed by atoms with Gasteiger partial charge >= 0.3 is 12.1 Å².